The molecule has 0 heterocycles. The molecule has 0 saturated heterocycles. The predicted molar refractivity (Wildman–Crippen MR) is 80.3 cm³/mol. The van der Waals surface area contributed by atoms with Crippen molar-refractivity contribution in [2.45, 2.75) is 11.8 Å². The van der Waals surface area contributed by atoms with Crippen molar-refractivity contribution in [2.24, 2.45) is 0 Å². The molecule has 0 unspecified atom stereocenters. The van der Waals surface area contributed by atoms with E-state index in [-0.39, 0.29) is 11.6 Å². The van der Waals surface area contributed by atoms with Gasteiger partial charge in [-0.05, 0) is 55.0 Å². The summed E-state index contributed by atoms with van der Waals surface area (Å²) >= 11 is 4.81. The fraction of sp³-hybridized carbons (Fsp3) is 0.133. The molecule has 98 valence electrons. The number of hydrogen-bond donors (Lipinski definition) is 0. The van der Waals surface area contributed by atoms with E-state index in [2.05, 4.69) is 15.9 Å². The van der Waals surface area contributed by atoms with Gasteiger partial charge in [-0.25, -0.2) is 4.39 Å². The molecule has 0 fully saturated rings. The SMILES string of the molecule is Cc1cc(F)cc(C(=O)CSc2ccc(Br)cc2)c1. The summed E-state index contributed by atoms with van der Waals surface area (Å²) in [5.41, 5.74) is 1.19. The first-order valence-electron chi connectivity index (χ1n) is 5.73. The van der Waals surface area contributed by atoms with Crippen molar-refractivity contribution in [3.05, 3.63) is 63.9 Å². The Hall–Kier alpha value is -1.13. The van der Waals surface area contributed by atoms with E-state index in [1.165, 1.54) is 23.9 Å². The molecule has 0 radical (unpaired) electrons. The first kappa shape index (κ1) is 14.3. The third kappa shape index (κ3) is 4.18. The molecule has 0 bridgehead atoms. The number of thioether (sulfide) groups is 1. The van der Waals surface area contributed by atoms with E-state index in [1.807, 2.05) is 24.3 Å². The van der Waals surface area contributed by atoms with Crippen molar-refractivity contribution < 1.29 is 9.18 Å². The molecule has 0 aliphatic rings. The van der Waals surface area contributed by atoms with Crippen LogP contribution in [-0.2, 0) is 0 Å². The summed E-state index contributed by atoms with van der Waals surface area (Å²) in [6.07, 6.45) is 0. The molecule has 1 nitrogen and oxygen atoms in total. The van der Waals surface area contributed by atoms with Gasteiger partial charge < -0.3 is 0 Å². The van der Waals surface area contributed by atoms with Crippen LogP contribution in [-0.4, -0.2) is 11.5 Å². The van der Waals surface area contributed by atoms with Gasteiger partial charge in [0.2, 0.25) is 0 Å². The molecular weight excluding hydrogens is 327 g/mol. The summed E-state index contributed by atoms with van der Waals surface area (Å²) in [5.74, 6) is -0.114. The average molecular weight is 339 g/mol. The Morgan fingerprint density at radius 1 is 1.21 bits per heavy atom. The van der Waals surface area contributed by atoms with Gasteiger partial charge in [-0.15, -0.1) is 11.8 Å². The Balaban J connectivity index is 2.03. The molecule has 0 N–H and O–H groups in total. The van der Waals surface area contributed by atoms with Gasteiger partial charge in [-0.3, -0.25) is 4.79 Å². The molecule has 0 aliphatic carbocycles. The van der Waals surface area contributed by atoms with Crippen LogP contribution in [0, 0.1) is 12.7 Å². The third-order valence-electron chi connectivity index (χ3n) is 2.55. The van der Waals surface area contributed by atoms with E-state index >= 15 is 0 Å². The molecule has 0 aromatic heterocycles. The highest BCUT2D eigenvalue weighted by Crippen LogP contribution is 2.22. The number of rotatable bonds is 4. The van der Waals surface area contributed by atoms with Crippen molar-refractivity contribution in [3.8, 4) is 0 Å². The number of Topliss-reactive ketones (excluding diaryl/α,β-unsaturated/α-hetero) is 1. The van der Waals surface area contributed by atoms with Crippen LogP contribution < -0.4 is 0 Å². The minimum atomic E-state index is -0.364. The Labute approximate surface area is 124 Å². The monoisotopic (exact) mass is 338 g/mol. The lowest BCUT2D eigenvalue weighted by Crippen LogP contribution is -2.03. The van der Waals surface area contributed by atoms with Crippen molar-refractivity contribution in [3.63, 3.8) is 0 Å². The van der Waals surface area contributed by atoms with Crippen LogP contribution in [0.25, 0.3) is 0 Å². The van der Waals surface area contributed by atoms with Gasteiger partial charge in [-0.1, -0.05) is 15.9 Å². The van der Waals surface area contributed by atoms with Crippen LogP contribution in [0.2, 0.25) is 0 Å². The van der Waals surface area contributed by atoms with Gasteiger partial charge in [0.25, 0.3) is 0 Å². The maximum absolute atomic E-state index is 13.2. The molecule has 0 spiro atoms. The van der Waals surface area contributed by atoms with E-state index in [0.29, 0.717) is 11.3 Å². The van der Waals surface area contributed by atoms with E-state index in [4.69, 9.17) is 0 Å². The first-order valence-corrected chi connectivity index (χ1v) is 7.51. The Morgan fingerprint density at radius 2 is 1.89 bits per heavy atom. The average Bonchev–Trinajstić information content (AvgIpc) is 2.36. The lowest BCUT2D eigenvalue weighted by atomic mass is 10.1. The van der Waals surface area contributed by atoms with Crippen LogP contribution in [0.3, 0.4) is 0 Å². The molecule has 2 rings (SSSR count). The topological polar surface area (TPSA) is 17.1 Å². The number of benzene rings is 2. The van der Waals surface area contributed by atoms with Crippen molar-refractivity contribution in [2.75, 3.05) is 5.75 Å². The van der Waals surface area contributed by atoms with Crippen molar-refractivity contribution in [1.82, 2.24) is 0 Å². The summed E-state index contributed by atoms with van der Waals surface area (Å²) in [6.45, 7) is 1.78. The minimum absolute atomic E-state index is 0.0597. The summed E-state index contributed by atoms with van der Waals surface area (Å²) in [4.78, 5) is 13.0. The van der Waals surface area contributed by atoms with Crippen molar-refractivity contribution in [1.29, 1.82) is 0 Å². The van der Waals surface area contributed by atoms with E-state index in [0.717, 1.165) is 14.9 Å². The fourth-order valence-electron chi connectivity index (χ4n) is 1.66. The standard InChI is InChI=1S/C15H12BrFOS/c1-10-6-11(8-13(17)7-10)15(18)9-19-14-4-2-12(16)3-5-14/h2-8H,9H2,1H3. The number of carbonyl (C=O) groups excluding carboxylic acids is 1. The van der Waals surface area contributed by atoms with Crippen LogP contribution >= 0.6 is 27.7 Å². The Bertz CT molecular complexity index is 575. The Morgan fingerprint density at radius 3 is 2.53 bits per heavy atom. The highest BCUT2D eigenvalue weighted by Gasteiger charge is 2.08. The lowest BCUT2D eigenvalue weighted by molar-refractivity contribution is 0.102. The quantitative estimate of drug-likeness (QED) is 0.584. The van der Waals surface area contributed by atoms with Crippen LogP contribution in [0.4, 0.5) is 4.39 Å². The Kier molecular flexibility index (Phi) is 4.77. The first-order chi connectivity index (χ1) is 9.04. The van der Waals surface area contributed by atoms with E-state index in [1.54, 1.807) is 13.0 Å². The van der Waals surface area contributed by atoms with Gasteiger partial charge in [0.1, 0.15) is 5.82 Å². The second-order valence-electron chi connectivity index (χ2n) is 4.18. The third-order valence-corrected chi connectivity index (χ3v) is 4.09. The molecule has 0 saturated carbocycles. The zero-order chi connectivity index (χ0) is 13.8. The maximum Gasteiger partial charge on any atom is 0.173 e. The summed E-state index contributed by atoms with van der Waals surface area (Å²) in [6, 6.07) is 12.2. The zero-order valence-electron chi connectivity index (χ0n) is 10.3. The number of aryl methyl sites for hydroxylation is 1. The second kappa shape index (κ2) is 6.35. The summed E-state index contributed by atoms with van der Waals surface area (Å²) < 4.78 is 14.2. The van der Waals surface area contributed by atoms with Gasteiger partial charge in [0.15, 0.2) is 5.78 Å². The van der Waals surface area contributed by atoms with E-state index in [9.17, 15) is 9.18 Å². The molecular formula is C15H12BrFOS. The largest absolute Gasteiger partial charge is 0.293 e. The molecule has 0 amide bonds. The summed E-state index contributed by atoms with van der Waals surface area (Å²) in [7, 11) is 0. The molecule has 0 atom stereocenters. The van der Waals surface area contributed by atoms with Gasteiger partial charge >= 0.3 is 0 Å². The molecule has 0 aliphatic heterocycles. The van der Waals surface area contributed by atoms with Gasteiger partial charge in [0.05, 0.1) is 5.75 Å². The smallest absolute Gasteiger partial charge is 0.173 e. The minimum Gasteiger partial charge on any atom is -0.293 e. The molecule has 19 heavy (non-hydrogen) atoms. The second-order valence-corrected chi connectivity index (χ2v) is 6.15. The molecule has 4 heteroatoms. The van der Waals surface area contributed by atoms with Crippen LogP contribution in [0.15, 0.2) is 51.8 Å². The van der Waals surface area contributed by atoms with Gasteiger partial charge in [-0.2, -0.15) is 0 Å². The zero-order valence-corrected chi connectivity index (χ0v) is 12.7. The number of carbonyl (C=O) groups is 1. The van der Waals surface area contributed by atoms with Gasteiger partial charge in [0, 0.05) is 14.9 Å². The normalized spacial score (nSPS) is 10.5. The number of halogens is 2. The number of hydrogen-bond acceptors (Lipinski definition) is 2. The highest BCUT2D eigenvalue weighted by atomic mass is 79.9. The fourth-order valence-corrected chi connectivity index (χ4v) is 2.72. The van der Waals surface area contributed by atoms with E-state index < -0.39 is 0 Å². The molecule has 2 aromatic carbocycles. The molecule has 2 aromatic rings. The van der Waals surface area contributed by atoms with Crippen LogP contribution in [0.5, 0.6) is 0 Å². The predicted octanol–water partition coefficient (Wildman–Crippen LogP) is 4.87. The number of ketones is 1. The maximum atomic E-state index is 13.2. The van der Waals surface area contributed by atoms with Crippen LogP contribution in [0.1, 0.15) is 15.9 Å². The summed E-state index contributed by atoms with van der Waals surface area (Å²) in [5, 5.41) is 0. The highest BCUT2D eigenvalue weighted by molar-refractivity contribution is 9.10. The van der Waals surface area contributed by atoms with Crippen molar-refractivity contribution >= 4 is 33.5 Å². The lowest BCUT2D eigenvalue weighted by Gasteiger charge is -2.03.